The quantitative estimate of drug-likeness (QED) is 0.323. The van der Waals surface area contributed by atoms with E-state index in [1.807, 2.05) is 12.1 Å². The summed E-state index contributed by atoms with van der Waals surface area (Å²) in [5.41, 5.74) is 7.86. The van der Waals surface area contributed by atoms with Gasteiger partial charge in [-0.3, -0.25) is 0 Å². The zero-order valence-electron chi connectivity index (χ0n) is 18.5. The molecule has 0 fully saturated rings. The molecular formula is C31H26N2. The number of nitrogens with zero attached hydrogens (tertiary/aromatic N) is 2. The Hall–Kier alpha value is -4.30. The van der Waals surface area contributed by atoms with Gasteiger partial charge in [-0.1, -0.05) is 85.5 Å². The number of allylic oxidation sites excluding steroid dienone is 4. The highest BCUT2D eigenvalue weighted by atomic mass is 15.2. The summed E-state index contributed by atoms with van der Waals surface area (Å²) in [4.78, 5) is 4.62. The molecule has 1 aliphatic rings. The zero-order valence-corrected chi connectivity index (χ0v) is 18.5. The first-order chi connectivity index (χ1) is 16.3. The first-order valence-electron chi connectivity index (χ1n) is 11.2. The first kappa shape index (κ1) is 20.6. The molecule has 33 heavy (non-hydrogen) atoms. The molecule has 0 saturated heterocycles. The maximum Gasteiger partial charge on any atom is 0.0493 e. The minimum Gasteiger partial charge on any atom is -0.337 e. The number of hydrogen-bond donors (Lipinski definition) is 0. The third kappa shape index (κ3) is 4.37. The summed E-state index contributed by atoms with van der Waals surface area (Å²) in [6.07, 6.45) is 8.40. The largest absolute Gasteiger partial charge is 0.337 e. The lowest BCUT2D eigenvalue weighted by Crippen LogP contribution is -2.18. The lowest BCUT2D eigenvalue weighted by atomic mass is 10.0. The van der Waals surface area contributed by atoms with E-state index in [2.05, 4.69) is 138 Å². The van der Waals surface area contributed by atoms with Crippen LogP contribution in [0.2, 0.25) is 0 Å². The normalized spacial score (nSPS) is 15.0. The van der Waals surface area contributed by atoms with Gasteiger partial charge >= 0.3 is 0 Å². The van der Waals surface area contributed by atoms with E-state index in [4.69, 9.17) is 0 Å². The fraction of sp³-hybridized carbons (Fsp3) is 0.0323. The molecule has 0 amide bonds. The molecule has 1 heterocycles. The summed E-state index contributed by atoms with van der Waals surface area (Å²) in [6, 6.07) is 38.2. The summed E-state index contributed by atoms with van der Waals surface area (Å²) in [6.45, 7) is 5.06. The smallest absolute Gasteiger partial charge is 0.0493 e. The van der Waals surface area contributed by atoms with E-state index in [0.29, 0.717) is 0 Å². The summed E-state index contributed by atoms with van der Waals surface area (Å²) < 4.78 is 0. The maximum absolute atomic E-state index is 4.28. The molecule has 0 radical (unpaired) electrons. The van der Waals surface area contributed by atoms with Crippen molar-refractivity contribution >= 4 is 34.0 Å². The molecule has 4 aromatic carbocycles. The highest BCUT2D eigenvalue weighted by Crippen LogP contribution is 2.37. The van der Waals surface area contributed by atoms with Gasteiger partial charge in [-0.25, -0.2) is 0 Å². The standard InChI is InChI=1S/C31H26N2/c1-25-13-5-4-12-24-32(31-19-11-10-18-30(25)31)26-20-22-29(23-21-26)33(27-14-6-2-7-15-27)28-16-8-3-9-17-28/h2-23H,1,24H2/b12-4-,13-5-. The monoisotopic (exact) mass is 426 g/mol. The molecule has 1 aliphatic heterocycles. The van der Waals surface area contributed by atoms with Crippen LogP contribution in [0.25, 0.3) is 5.57 Å². The first-order valence-corrected chi connectivity index (χ1v) is 11.2. The molecule has 0 aromatic heterocycles. The van der Waals surface area contributed by atoms with Gasteiger partial charge in [0.05, 0.1) is 0 Å². The highest BCUT2D eigenvalue weighted by Gasteiger charge is 2.16. The minimum absolute atomic E-state index is 0.787. The SMILES string of the molecule is C=C1/C=C\C=C/CN(c2ccc(N(c3ccccc3)c3ccccc3)cc2)c2ccccc21. The molecule has 0 spiro atoms. The summed E-state index contributed by atoms with van der Waals surface area (Å²) in [5, 5.41) is 0. The Balaban J connectivity index is 1.55. The molecule has 0 saturated carbocycles. The molecule has 0 bridgehead atoms. The van der Waals surface area contributed by atoms with Crippen LogP contribution in [-0.4, -0.2) is 6.54 Å². The van der Waals surface area contributed by atoms with Crippen LogP contribution in [0.1, 0.15) is 5.56 Å². The molecule has 5 rings (SSSR count). The Kier molecular flexibility index (Phi) is 5.90. The predicted molar refractivity (Wildman–Crippen MR) is 142 cm³/mol. The Morgan fingerprint density at radius 3 is 1.85 bits per heavy atom. The molecule has 160 valence electrons. The highest BCUT2D eigenvalue weighted by molar-refractivity contribution is 5.85. The van der Waals surface area contributed by atoms with Crippen molar-refractivity contribution in [3.8, 4) is 0 Å². The Bertz CT molecular complexity index is 1250. The van der Waals surface area contributed by atoms with Gasteiger partial charge in [0, 0.05) is 40.5 Å². The van der Waals surface area contributed by atoms with Crippen molar-refractivity contribution in [3.05, 3.63) is 146 Å². The molecule has 4 aromatic rings. The van der Waals surface area contributed by atoms with Crippen LogP contribution in [0.5, 0.6) is 0 Å². The van der Waals surface area contributed by atoms with Crippen LogP contribution in [0.4, 0.5) is 28.4 Å². The van der Waals surface area contributed by atoms with Crippen LogP contribution in [0, 0.1) is 0 Å². The summed E-state index contributed by atoms with van der Waals surface area (Å²) >= 11 is 0. The van der Waals surface area contributed by atoms with E-state index in [1.165, 1.54) is 0 Å². The Labute approximate surface area is 196 Å². The van der Waals surface area contributed by atoms with Crippen molar-refractivity contribution < 1.29 is 0 Å². The van der Waals surface area contributed by atoms with Gasteiger partial charge in [0.2, 0.25) is 0 Å². The number of fused-ring (bicyclic) bond motifs is 1. The van der Waals surface area contributed by atoms with E-state index in [0.717, 1.165) is 46.1 Å². The molecule has 0 unspecified atom stereocenters. The molecular weight excluding hydrogens is 400 g/mol. The van der Waals surface area contributed by atoms with Crippen molar-refractivity contribution in [3.63, 3.8) is 0 Å². The number of para-hydroxylation sites is 3. The van der Waals surface area contributed by atoms with Crippen molar-refractivity contribution in [2.24, 2.45) is 0 Å². The predicted octanol–water partition coefficient (Wildman–Crippen LogP) is 8.43. The topological polar surface area (TPSA) is 6.48 Å². The van der Waals surface area contributed by atoms with E-state index in [-0.39, 0.29) is 0 Å². The van der Waals surface area contributed by atoms with Crippen molar-refractivity contribution in [2.45, 2.75) is 0 Å². The number of anilines is 5. The average molecular weight is 427 g/mol. The average Bonchev–Trinajstić information content (AvgIpc) is 2.96. The van der Waals surface area contributed by atoms with Crippen LogP contribution < -0.4 is 9.80 Å². The van der Waals surface area contributed by atoms with Gasteiger partial charge in [0.15, 0.2) is 0 Å². The maximum atomic E-state index is 4.28. The third-order valence-corrected chi connectivity index (χ3v) is 5.82. The molecule has 2 nitrogen and oxygen atoms in total. The Morgan fingerprint density at radius 2 is 1.18 bits per heavy atom. The van der Waals surface area contributed by atoms with E-state index in [1.54, 1.807) is 0 Å². The van der Waals surface area contributed by atoms with Crippen LogP contribution >= 0.6 is 0 Å². The number of hydrogen-bond acceptors (Lipinski definition) is 2. The van der Waals surface area contributed by atoms with Crippen molar-refractivity contribution in [1.29, 1.82) is 0 Å². The van der Waals surface area contributed by atoms with Crippen LogP contribution in [0.15, 0.2) is 140 Å². The van der Waals surface area contributed by atoms with Gasteiger partial charge in [-0.2, -0.15) is 0 Å². The number of benzene rings is 4. The lowest BCUT2D eigenvalue weighted by Gasteiger charge is -2.28. The fourth-order valence-electron chi connectivity index (χ4n) is 4.21. The van der Waals surface area contributed by atoms with Crippen LogP contribution in [-0.2, 0) is 0 Å². The summed E-state index contributed by atoms with van der Waals surface area (Å²) in [5.74, 6) is 0. The zero-order chi connectivity index (χ0) is 22.5. The van der Waals surface area contributed by atoms with Gasteiger partial charge in [0.1, 0.15) is 0 Å². The van der Waals surface area contributed by atoms with Crippen molar-refractivity contribution in [2.75, 3.05) is 16.3 Å². The van der Waals surface area contributed by atoms with Crippen LogP contribution in [0.3, 0.4) is 0 Å². The van der Waals surface area contributed by atoms with Gasteiger partial charge < -0.3 is 9.80 Å². The van der Waals surface area contributed by atoms with E-state index in [9.17, 15) is 0 Å². The van der Waals surface area contributed by atoms with Gasteiger partial charge in [-0.05, 0) is 60.2 Å². The van der Waals surface area contributed by atoms with E-state index < -0.39 is 0 Å². The molecule has 2 heteroatoms. The summed E-state index contributed by atoms with van der Waals surface area (Å²) in [7, 11) is 0. The molecule has 0 aliphatic carbocycles. The van der Waals surface area contributed by atoms with Gasteiger partial charge in [0.25, 0.3) is 0 Å². The Morgan fingerprint density at radius 1 is 0.606 bits per heavy atom. The second kappa shape index (κ2) is 9.46. The third-order valence-electron chi connectivity index (χ3n) is 5.82. The second-order valence-electron chi connectivity index (χ2n) is 7.96. The molecule has 0 N–H and O–H groups in total. The minimum atomic E-state index is 0.787. The van der Waals surface area contributed by atoms with E-state index >= 15 is 0 Å². The fourth-order valence-corrected chi connectivity index (χ4v) is 4.21. The lowest BCUT2D eigenvalue weighted by molar-refractivity contribution is 1.09. The molecule has 0 atom stereocenters. The van der Waals surface area contributed by atoms with Gasteiger partial charge in [-0.15, -0.1) is 0 Å². The second-order valence-corrected chi connectivity index (χ2v) is 7.96. The van der Waals surface area contributed by atoms with Crippen molar-refractivity contribution in [1.82, 2.24) is 0 Å². The number of rotatable bonds is 4.